The monoisotopic (exact) mass is 741 g/mol. The number of nitrogens with one attached hydrogen (secondary N) is 1. The first-order valence-corrected chi connectivity index (χ1v) is 20.2. The highest BCUT2D eigenvalue weighted by molar-refractivity contribution is 6.38. The number of Topliss-reactive ketones (excluding diaryl/α,β-unsaturated/α-hetero) is 4. The van der Waals surface area contributed by atoms with Gasteiger partial charge in [0.1, 0.15) is 11.7 Å². The van der Waals surface area contributed by atoms with Gasteiger partial charge in [-0.15, -0.1) is 0 Å². The van der Waals surface area contributed by atoms with Crippen molar-refractivity contribution < 1.29 is 28.8 Å². The van der Waals surface area contributed by atoms with Crippen LogP contribution in [-0.2, 0) is 24.0 Å². The number of carbonyl (C=O) groups is 6. The molecule has 2 amide bonds. The van der Waals surface area contributed by atoms with E-state index in [-0.39, 0.29) is 72.0 Å². The molecule has 1 saturated heterocycles. The minimum atomic E-state index is -0.944. The number of carbonyl (C=O) groups excluding carboxylic acids is 6. The molecule has 1 aliphatic heterocycles. The Bertz CT molecular complexity index is 1640. The second-order valence-electron chi connectivity index (χ2n) is 17.2. The highest BCUT2D eigenvalue weighted by Crippen LogP contribution is 2.44. The second-order valence-corrected chi connectivity index (χ2v) is 17.2. The van der Waals surface area contributed by atoms with Crippen LogP contribution >= 0.6 is 0 Å². The van der Waals surface area contributed by atoms with Crippen LogP contribution in [0.3, 0.4) is 0 Å². The van der Waals surface area contributed by atoms with E-state index in [2.05, 4.69) is 20.3 Å². The van der Waals surface area contributed by atoms with Gasteiger partial charge in [-0.2, -0.15) is 0 Å². The van der Waals surface area contributed by atoms with Crippen LogP contribution in [0.2, 0.25) is 0 Å². The van der Waals surface area contributed by atoms with E-state index in [4.69, 9.17) is 0 Å². The fourth-order valence-corrected chi connectivity index (χ4v) is 9.20. The molecule has 2 aromatic heterocycles. The summed E-state index contributed by atoms with van der Waals surface area (Å²) in [5.74, 6) is -3.56. The highest BCUT2D eigenvalue weighted by atomic mass is 16.2. The van der Waals surface area contributed by atoms with E-state index in [1.165, 1.54) is 18.6 Å². The van der Waals surface area contributed by atoms with Crippen LogP contribution in [0.4, 0.5) is 0 Å². The summed E-state index contributed by atoms with van der Waals surface area (Å²) >= 11 is 0. The molecule has 3 heterocycles. The van der Waals surface area contributed by atoms with Crippen LogP contribution in [0.25, 0.3) is 0 Å². The molecular formula is C43H59N5O6. The lowest BCUT2D eigenvalue weighted by molar-refractivity contribution is -0.146. The number of aromatic nitrogens is 3. The summed E-state index contributed by atoms with van der Waals surface area (Å²) in [6, 6.07) is 2.01. The minimum absolute atomic E-state index is 0.00125. The normalized spacial score (nSPS) is 22.5. The highest BCUT2D eigenvalue weighted by Gasteiger charge is 2.52. The van der Waals surface area contributed by atoms with Gasteiger partial charge in [-0.05, 0) is 72.8 Å². The van der Waals surface area contributed by atoms with Crippen LogP contribution in [0.5, 0.6) is 0 Å². The lowest BCUT2D eigenvalue weighted by atomic mass is 9.76. The van der Waals surface area contributed by atoms with Crippen LogP contribution < -0.4 is 5.32 Å². The number of likely N-dealkylation sites (tertiary alicyclic amines) is 1. The maximum atomic E-state index is 14.8. The number of hydrogen-bond acceptors (Lipinski definition) is 9. The Morgan fingerprint density at radius 3 is 2.28 bits per heavy atom. The number of hydrogen-bond donors (Lipinski definition) is 1. The Morgan fingerprint density at radius 1 is 0.889 bits per heavy atom. The van der Waals surface area contributed by atoms with Gasteiger partial charge in [0, 0.05) is 62.4 Å². The van der Waals surface area contributed by atoms with Crippen LogP contribution in [-0.4, -0.2) is 73.4 Å². The van der Waals surface area contributed by atoms with Gasteiger partial charge in [0.05, 0.1) is 12.2 Å². The van der Waals surface area contributed by atoms with E-state index in [1.807, 2.05) is 40.7 Å². The lowest BCUT2D eigenvalue weighted by Crippen LogP contribution is -2.58. The van der Waals surface area contributed by atoms with Gasteiger partial charge >= 0.3 is 0 Å². The number of nitrogens with zero attached hydrogens (tertiary/aromatic N) is 4. The van der Waals surface area contributed by atoms with Crippen molar-refractivity contribution in [3.05, 3.63) is 54.4 Å². The number of amides is 2. The smallest absolute Gasteiger partial charge is 0.246 e. The van der Waals surface area contributed by atoms with Gasteiger partial charge in [0.15, 0.2) is 17.3 Å². The Kier molecular flexibility index (Phi) is 14.0. The van der Waals surface area contributed by atoms with Crippen LogP contribution in [0.15, 0.2) is 43.1 Å². The summed E-state index contributed by atoms with van der Waals surface area (Å²) in [4.78, 5) is 97.8. The van der Waals surface area contributed by atoms with Crippen LogP contribution in [0, 0.1) is 35.0 Å². The van der Waals surface area contributed by atoms with Gasteiger partial charge in [-0.3, -0.25) is 38.7 Å². The Morgan fingerprint density at radius 2 is 1.63 bits per heavy atom. The Hall–Kier alpha value is -4.15. The summed E-state index contributed by atoms with van der Waals surface area (Å²) < 4.78 is 0. The summed E-state index contributed by atoms with van der Waals surface area (Å²) in [6.45, 7) is 9.94. The zero-order valence-electron chi connectivity index (χ0n) is 32.8. The fraction of sp³-hybridized carbons (Fsp3) is 0.651. The first-order chi connectivity index (χ1) is 25.8. The van der Waals surface area contributed by atoms with Gasteiger partial charge in [0.2, 0.25) is 17.6 Å². The van der Waals surface area contributed by atoms with Crippen molar-refractivity contribution in [2.75, 3.05) is 6.54 Å². The lowest BCUT2D eigenvalue weighted by Gasteiger charge is -2.38. The standard InChI is InChI=1S/C43H59N5O6/c1-6-12-29(39(52)37(51)21-27(2)30-16-11-18-44-24-30)22-36(50)38-32-17-10-15-31(32)26-48(38)42(54)40(43(3,4)5)47-41(53)33(28-13-8-7-9-14-28)23-35(49)34-25-45-19-20-46-34/h11,16,18-20,24-25,27-29,31-33,38,40H,6-10,12-15,17,21-23,26H2,1-5H3,(H,47,53)/t27-,29-,31?,32-,33+,38-,40+/m0/s1. The van der Waals surface area contributed by atoms with Crippen molar-refractivity contribution in [3.63, 3.8) is 0 Å². The average molecular weight is 742 g/mol. The van der Waals surface area contributed by atoms with Crippen LogP contribution in [0.1, 0.15) is 140 Å². The maximum Gasteiger partial charge on any atom is 0.246 e. The molecule has 7 atom stereocenters. The third-order valence-electron chi connectivity index (χ3n) is 12.2. The first-order valence-electron chi connectivity index (χ1n) is 20.2. The van der Waals surface area contributed by atoms with Crippen molar-refractivity contribution in [1.29, 1.82) is 0 Å². The topological polar surface area (TPSA) is 156 Å². The molecule has 1 N–H and O–H groups in total. The summed E-state index contributed by atoms with van der Waals surface area (Å²) in [7, 11) is 0. The van der Waals surface area contributed by atoms with Gasteiger partial charge in [-0.1, -0.05) is 72.8 Å². The van der Waals surface area contributed by atoms with Crippen molar-refractivity contribution >= 4 is 34.9 Å². The zero-order valence-corrected chi connectivity index (χ0v) is 32.8. The van der Waals surface area contributed by atoms with E-state index in [1.54, 1.807) is 23.4 Å². The third-order valence-corrected chi connectivity index (χ3v) is 12.2. The molecule has 1 unspecified atom stereocenters. The predicted molar refractivity (Wildman–Crippen MR) is 204 cm³/mol. The largest absolute Gasteiger partial charge is 0.344 e. The summed E-state index contributed by atoms with van der Waals surface area (Å²) in [5.41, 5.74) is 0.378. The first kappa shape index (κ1) is 41.0. The van der Waals surface area contributed by atoms with E-state index in [0.717, 1.165) is 56.9 Å². The van der Waals surface area contributed by atoms with E-state index >= 15 is 0 Å². The molecule has 0 aromatic carbocycles. The molecule has 5 rings (SSSR count). The molecule has 11 nitrogen and oxygen atoms in total. The minimum Gasteiger partial charge on any atom is -0.344 e. The fourth-order valence-electron chi connectivity index (χ4n) is 9.20. The molecule has 54 heavy (non-hydrogen) atoms. The quantitative estimate of drug-likeness (QED) is 0.141. The van der Waals surface area contributed by atoms with E-state index < -0.39 is 40.9 Å². The van der Waals surface area contributed by atoms with Gasteiger partial charge < -0.3 is 10.2 Å². The molecule has 2 saturated carbocycles. The molecule has 3 aliphatic rings. The molecule has 2 aromatic rings. The van der Waals surface area contributed by atoms with Gasteiger partial charge in [0.25, 0.3) is 0 Å². The molecule has 0 bridgehead atoms. The Labute approximate surface area is 320 Å². The van der Waals surface area contributed by atoms with Crippen molar-refractivity contribution in [3.8, 4) is 0 Å². The SMILES string of the molecule is CCC[C@@H](CC(=O)[C@@H]1[C@H]2CCCC2CN1C(=O)[C@@H](NC(=O)[C@H](CC(=O)c1cnccn1)C1CCCCC1)C(C)(C)C)C(=O)C(=O)C[C@H](C)c1cccnc1. The molecule has 0 spiro atoms. The van der Waals surface area contributed by atoms with Crippen molar-refractivity contribution in [1.82, 2.24) is 25.2 Å². The summed E-state index contributed by atoms with van der Waals surface area (Å²) in [5, 5.41) is 3.11. The zero-order chi connectivity index (χ0) is 39.0. The maximum absolute atomic E-state index is 14.8. The molecule has 3 fully saturated rings. The average Bonchev–Trinajstić information content (AvgIpc) is 3.77. The predicted octanol–water partition coefficient (Wildman–Crippen LogP) is 6.51. The number of pyridine rings is 1. The molecule has 2 aliphatic carbocycles. The second kappa shape index (κ2) is 18.5. The molecule has 292 valence electrons. The third kappa shape index (κ3) is 9.93. The van der Waals surface area contributed by atoms with Crippen molar-refractivity contribution in [2.45, 2.75) is 136 Å². The van der Waals surface area contributed by atoms with Gasteiger partial charge in [-0.25, -0.2) is 4.98 Å². The summed E-state index contributed by atoms with van der Waals surface area (Å²) in [6.07, 6.45) is 16.1. The molecule has 0 radical (unpaired) electrons. The molecular weight excluding hydrogens is 683 g/mol. The number of ketones is 4. The number of rotatable bonds is 17. The van der Waals surface area contributed by atoms with Crippen molar-refractivity contribution in [2.24, 2.45) is 35.0 Å². The Balaban J connectivity index is 1.34. The van der Waals surface area contributed by atoms with E-state index in [0.29, 0.717) is 19.4 Å². The van der Waals surface area contributed by atoms with E-state index in [9.17, 15) is 28.8 Å². The number of fused-ring (bicyclic) bond motifs is 1. The molecule has 11 heteroatoms.